The molecule has 0 saturated heterocycles. The average Bonchev–Trinajstić information content (AvgIpc) is 2.80. The normalized spacial score (nSPS) is 10.8. The summed E-state index contributed by atoms with van der Waals surface area (Å²) in [7, 11) is 1.48. The summed E-state index contributed by atoms with van der Waals surface area (Å²) in [6.07, 6.45) is 0. The Bertz CT molecular complexity index is 1460. The van der Waals surface area contributed by atoms with Crippen LogP contribution < -0.4 is 10.9 Å². The van der Waals surface area contributed by atoms with Gasteiger partial charge < -0.3 is 14.6 Å². The molecule has 0 bridgehead atoms. The van der Waals surface area contributed by atoms with E-state index in [1.54, 1.807) is 48.5 Å². The molecule has 9 heteroatoms. The Morgan fingerprint density at radius 1 is 0.882 bits per heavy atom. The molecule has 0 saturated carbocycles. The van der Waals surface area contributed by atoms with Gasteiger partial charge in [-0.3, -0.25) is 9.59 Å². The molecule has 0 spiro atoms. The predicted octanol–water partition coefficient (Wildman–Crippen LogP) is 5.96. The first-order valence-electron chi connectivity index (χ1n) is 10.1. The summed E-state index contributed by atoms with van der Waals surface area (Å²) in [6, 6.07) is 18.4. The molecular formula is C25H17Cl3N2O4. The highest BCUT2D eigenvalue weighted by Gasteiger charge is 2.23. The summed E-state index contributed by atoms with van der Waals surface area (Å²) in [5, 5.41) is 4.82. The van der Waals surface area contributed by atoms with Gasteiger partial charge in [-0.2, -0.15) is 0 Å². The molecule has 0 unspecified atom stereocenters. The van der Waals surface area contributed by atoms with Gasteiger partial charge >= 0.3 is 5.97 Å². The van der Waals surface area contributed by atoms with E-state index in [1.165, 1.54) is 29.8 Å². The number of amides is 1. The Kier molecular flexibility index (Phi) is 6.93. The van der Waals surface area contributed by atoms with E-state index in [4.69, 9.17) is 39.5 Å². The summed E-state index contributed by atoms with van der Waals surface area (Å²) in [4.78, 5) is 38.5. The van der Waals surface area contributed by atoms with Crippen LogP contribution in [0.3, 0.4) is 0 Å². The summed E-state index contributed by atoms with van der Waals surface area (Å²) in [6.45, 7) is -0.579. The number of esters is 1. The monoisotopic (exact) mass is 514 g/mol. The summed E-state index contributed by atoms with van der Waals surface area (Å²) < 4.78 is 6.52. The minimum atomic E-state index is -0.824. The van der Waals surface area contributed by atoms with Crippen LogP contribution in [0, 0.1) is 0 Å². The quantitative estimate of drug-likeness (QED) is 0.333. The minimum absolute atomic E-state index is 0.0182. The van der Waals surface area contributed by atoms with Crippen LogP contribution >= 0.6 is 34.8 Å². The van der Waals surface area contributed by atoms with Crippen molar-refractivity contribution in [1.82, 2.24) is 4.57 Å². The van der Waals surface area contributed by atoms with Gasteiger partial charge in [-0.05, 0) is 47.3 Å². The first kappa shape index (κ1) is 23.8. The number of carbonyl (C=O) groups is 2. The lowest BCUT2D eigenvalue weighted by Crippen LogP contribution is -2.28. The second-order valence-corrected chi connectivity index (χ2v) is 8.73. The number of ether oxygens (including phenoxy) is 1. The maximum atomic E-state index is 13.2. The van der Waals surface area contributed by atoms with Crippen LogP contribution in [0.15, 0.2) is 71.5 Å². The molecule has 0 aliphatic rings. The Morgan fingerprint density at radius 2 is 1.50 bits per heavy atom. The minimum Gasteiger partial charge on any atom is -0.451 e. The Hall–Kier alpha value is -3.32. The maximum absolute atomic E-state index is 13.2. The third-order valence-corrected chi connectivity index (χ3v) is 5.80. The number of benzene rings is 3. The fourth-order valence-electron chi connectivity index (χ4n) is 3.64. The fourth-order valence-corrected chi connectivity index (χ4v) is 4.29. The highest BCUT2D eigenvalue weighted by Crippen LogP contribution is 2.32. The molecule has 0 fully saturated rings. The number of pyridine rings is 1. The first-order chi connectivity index (χ1) is 16.2. The average molecular weight is 516 g/mol. The lowest BCUT2D eigenvalue weighted by Gasteiger charge is -2.17. The van der Waals surface area contributed by atoms with Crippen LogP contribution in [-0.4, -0.2) is 23.1 Å². The van der Waals surface area contributed by atoms with E-state index in [0.717, 1.165) is 0 Å². The molecule has 1 aromatic heterocycles. The van der Waals surface area contributed by atoms with Crippen LogP contribution in [0.2, 0.25) is 15.1 Å². The van der Waals surface area contributed by atoms with Crippen molar-refractivity contribution < 1.29 is 14.3 Å². The summed E-state index contributed by atoms with van der Waals surface area (Å²) in [5.74, 6) is -1.42. The molecule has 1 amide bonds. The number of anilines is 1. The van der Waals surface area contributed by atoms with E-state index in [-0.39, 0.29) is 11.3 Å². The van der Waals surface area contributed by atoms with Crippen molar-refractivity contribution in [3.8, 4) is 11.1 Å². The van der Waals surface area contributed by atoms with E-state index >= 15 is 0 Å². The van der Waals surface area contributed by atoms with Crippen molar-refractivity contribution in [3.63, 3.8) is 0 Å². The topological polar surface area (TPSA) is 77.4 Å². The highest BCUT2D eigenvalue weighted by molar-refractivity contribution is 6.35. The predicted molar refractivity (Wildman–Crippen MR) is 135 cm³/mol. The Balaban J connectivity index is 1.69. The van der Waals surface area contributed by atoms with Crippen molar-refractivity contribution in [2.45, 2.75) is 0 Å². The lowest BCUT2D eigenvalue weighted by molar-refractivity contribution is -0.119. The molecule has 6 nitrogen and oxygen atoms in total. The van der Waals surface area contributed by atoms with Gasteiger partial charge in [0.05, 0.1) is 0 Å². The van der Waals surface area contributed by atoms with Crippen molar-refractivity contribution in [3.05, 3.63) is 97.8 Å². The van der Waals surface area contributed by atoms with E-state index < -0.39 is 18.5 Å². The van der Waals surface area contributed by atoms with Gasteiger partial charge in [0.15, 0.2) is 6.61 Å². The molecule has 1 N–H and O–H groups in total. The first-order valence-corrected chi connectivity index (χ1v) is 11.2. The SMILES string of the molecule is Cn1c(C(=O)OCC(=O)Nc2cc(Cl)cc(Cl)c2)c(-c2ccc(Cl)cc2)c2ccccc2c1=O. The van der Waals surface area contributed by atoms with E-state index in [1.807, 2.05) is 0 Å². The lowest BCUT2D eigenvalue weighted by atomic mass is 9.97. The number of hydrogen-bond donors (Lipinski definition) is 1. The van der Waals surface area contributed by atoms with Crippen LogP contribution in [0.4, 0.5) is 5.69 Å². The third-order valence-electron chi connectivity index (χ3n) is 5.11. The van der Waals surface area contributed by atoms with Crippen molar-refractivity contribution >= 4 is 63.1 Å². The third kappa shape index (κ3) is 4.94. The van der Waals surface area contributed by atoms with Crippen LogP contribution in [0.1, 0.15) is 10.5 Å². The zero-order valence-corrected chi connectivity index (χ0v) is 20.0. The molecule has 4 aromatic rings. The van der Waals surface area contributed by atoms with E-state index in [2.05, 4.69) is 5.32 Å². The highest BCUT2D eigenvalue weighted by atomic mass is 35.5. The zero-order chi connectivity index (χ0) is 24.4. The van der Waals surface area contributed by atoms with Crippen molar-refractivity contribution in [2.24, 2.45) is 7.05 Å². The number of nitrogens with one attached hydrogen (secondary N) is 1. The molecule has 0 radical (unpaired) electrons. The molecule has 4 rings (SSSR count). The fraction of sp³-hybridized carbons (Fsp3) is 0.0800. The maximum Gasteiger partial charge on any atom is 0.356 e. The van der Waals surface area contributed by atoms with Gasteiger partial charge in [-0.25, -0.2) is 4.79 Å². The molecule has 172 valence electrons. The molecule has 1 heterocycles. The second-order valence-electron chi connectivity index (χ2n) is 7.42. The van der Waals surface area contributed by atoms with Gasteiger partial charge in [0, 0.05) is 38.8 Å². The van der Waals surface area contributed by atoms with Crippen molar-refractivity contribution in [1.29, 1.82) is 0 Å². The van der Waals surface area contributed by atoms with Gasteiger partial charge in [0.2, 0.25) is 0 Å². The number of halogens is 3. The smallest absolute Gasteiger partial charge is 0.356 e. The molecule has 34 heavy (non-hydrogen) atoms. The molecule has 0 aliphatic heterocycles. The number of aromatic nitrogens is 1. The van der Waals surface area contributed by atoms with Crippen LogP contribution in [-0.2, 0) is 16.6 Å². The summed E-state index contributed by atoms with van der Waals surface area (Å²) >= 11 is 17.9. The number of rotatable bonds is 5. The largest absolute Gasteiger partial charge is 0.451 e. The Labute approximate surface area is 209 Å². The van der Waals surface area contributed by atoms with Gasteiger partial charge in [0.1, 0.15) is 5.69 Å². The van der Waals surface area contributed by atoms with Gasteiger partial charge in [0.25, 0.3) is 11.5 Å². The second kappa shape index (κ2) is 9.89. The molecule has 3 aromatic carbocycles. The molecule has 0 atom stereocenters. The van der Waals surface area contributed by atoms with Gasteiger partial charge in [-0.15, -0.1) is 0 Å². The van der Waals surface area contributed by atoms with Gasteiger partial charge in [-0.1, -0.05) is 65.1 Å². The standard InChI is InChI=1S/C25H17Cl3N2O4/c1-30-23(25(33)34-13-21(31)29-18-11-16(27)10-17(28)12-18)22(14-6-8-15(26)9-7-14)19-4-2-3-5-20(19)24(30)32/h2-12H,13H2,1H3,(H,29,31). The summed E-state index contributed by atoms with van der Waals surface area (Å²) in [5.41, 5.74) is 1.18. The van der Waals surface area contributed by atoms with Crippen LogP contribution in [0.5, 0.6) is 0 Å². The molecular weight excluding hydrogens is 499 g/mol. The Morgan fingerprint density at radius 3 is 2.15 bits per heavy atom. The number of hydrogen-bond acceptors (Lipinski definition) is 4. The van der Waals surface area contributed by atoms with E-state index in [9.17, 15) is 14.4 Å². The van der Waals surface area contributed by atoms with E-state index in [0.29, 0.717) is 42.7 Å². The zero-order valence-electron chi connectivity index (χ0n) is 17.8. The number of carbonyl (C=O) groups excluding carboxylic acids is 2. The van der Waals surface area contributed by atoms with Crippen molar-refractivity contribution in [2.75, 3.05) is 11.9 Å². The van der Waals surface area contributed by atoms with Crippen LogP contribution in [0.25, 0.3) is 21.9 Å². The number of nitrogens with zero attached hydrogens (tertiary/aromatic N) is 1. The molecule has 0 aliphatic carbocycles. The number of fused-ring (bicyclic) bond motifs is 1.